The number of fused-ring (bicyclic) bond motifs is 2. The topological polar surface area (TPSA) is 112 Å². The number of carbonyl (C=O) groups excluding carboxylic acids is 1. The molecule has 1 atom stereocenters. The standard InChI is InChI=1S/C36H32N4O4/c1-20-24(6-4-8-26(20)31-12-10-22(35(38-31)43-3)18-40-15-14-23(41)19-40)25-7-5-9-27(21(25)2)36-39-32-16-29-28(11-13-33(29)42)30(17-37)34(32)44-36/h4-10,12,16,23,41H,11,13-15,18-19H2,1-3H3/t23-/m1/s1. The third-order valence-electron chi connectivity index (χ3n) is 9.04. The number of methoxy groups -OCH3 is 1. The van der Waals surface area contributed by atoms with Gasteiger partial charge >= 0.3 is 0 Å². The molecule has 1 fully saturated rings. The molecule has 0 spiro atoms. The smallest absolute Gasteiger partial charge is 0.227 e. The number of aliphatic hydroxyl groups is 1. The molecular formula is C36H32N4O4. The molecule has 0 radical (unpaired) electrons. The molecular weight excluding hydrogens is 552 g/mol. The maximum Gasteiger partial charge on any atom is 0.227 e. The van der Waals surface area contributed by atoms with E-state index in [1.165, 1.54) is 0 Å². The maximum atomic E-state index is 12.4. The molecule has 1 aliphatic carbocycles. The molecule has 0 unspecified atom stereocenters. The first-order valence-corrected chi connectivity index (χ1v) is 14.9. The molecule has 0 bridgehead atoms. The summed E-state index contributed by atoms with van der Waals surface area (Å²) < 4.78 is 11.9. The fraction of sp³-hybridized carbons (Fsp3) is 0.278. The van der Waals surface area contributed by atoms with Gasteiger partial charge < -0.3 is 14.3 Å². The molecule has 2 aliphatic rings. The van der Waals surface area contributed by atoms with Gasteiger partial charge in [-0.05, 0) is 72.7 Å². The van der Waals surface area contributed by atoms with E-state index in [0.29, 0.717) is 59.9 Å². The first-order valence-electron chi connectivity index (χ1n) is 14.9. The van der Waals surface area contributed by atoms with Gasteiger partial charge in [-0.3, -0.25) is 9.69 Å². The van der Waals surface area contributed by atoms with Gasteiger partial charge in [-0.25, -0.2) is 9.97 Å². The Labute approximate surface area is 255 Å². The Morgan fingerprint density at radius 2 is 1.73 bits per heavy atom. The summed E-state index contributed by atoms with van der Waals surface area (Å²) in [6.45, 7) is 6.35. The molecule has 44 heavy (non-hydrogen) atoms. The molecule has 3 aromatic carbocycles. The lowest BCUT2D eigenvalue weighted by Gasteiger charge is -2.18. The van der Waals surface area contributed by atoms with Gasteiger partial charge in [-0.2, -0.15) is 5.26 Å². The summed E-state index contributed by atoms with van der Waals surface area (Å²) in [6.07, 6.45) is 1.49. The van der Waals surface area contributed by atoms with E-state index in [0.717, 1.165) is 63.2 Å². The highest BCUT2D eigenvalue weighted by atomic mass is 16.5. The molecule has 3 heterocycles. The SMILES string of the molecule is COc1nc(-c2cccc(-c3cccc(-c4nc5cc6c(c(C#N)c5o4)CCC6=O)c3C)c2C)ccc1CN1CC[C@@H](O)C1. The van der Waals surface area contributed by atoms with Gasteiger partial charge in [0.05, 0.1) is 18.9 Å². The number of ketones is 1. The second-order valence-electron chi connectivity index (χ2n) is 11.7. The molecule has 0 saturated carbocycles. The molecule has 7 rings (SSSR count). The number of likely N-dealkylation sites (tertiary alicyclic amines) is 1. The van der Waals surface area contributed by atoms with Crippen molar-refractivity contribution in [1.29, 1.82) is 5.26 Å². The second kappa shape index (κ2) is 11.0. The van der Waals surface area contributed by atoms with Crippen LogP contribution in [0.5, 0.6) is 5.88 Å². The first kappa shape index (κ1) is 28.0. The summed E-state index contributed by atoms with van der Waals surface area (Å²) >= 11 is 0. The maximum absolute atomic E-state index is 12.4. The van der Waals surface area contributed by atoms with E-state index in [1.807, 2.05) is 31.2 Å². The predicted molar refractivity (Wildman–Crippen MR) is 167 cm³/mol. The molecule has 1 aliphatic heterocycles. The number of pyridine rings is 1. The van der Waals surface area contributed by atoms with Crippen molar-refractivity contribution in [2.24, 2.45) is 0 Å². The van der Waals surface area contributed by atoms with E-state index in [2.05, 4.69) is 42.2 Å². The summed E-state index contributed by atoms with van der Waals surface area (Å²) in [7, 11) is 1.64. The summed E-state index contributed by atoms with van der Waals surface area (Å²) in [5, 5.41) is 19.8. The van der Waals surface area contributed by atoms with Gasteiger partial charge in [-0.1, -0.05) is 36.4 Å². The third kappa shape index (κ3) is 4.66. The number of oxazole rings is 1. The normalized spacial score (nSPS) is 16.4. The number of carbonyl (C=O) groups is 1. The van der Waals surface area contributed by atoms with Crippen LogP contribution in [0.1, 0.15) is 51.0 Å². The fourth-order valence-electron chi connectivity index (χ4n) is 6.70. The van der Waals surface area contributed by atoms with Crippen molar-refractivity contribution in [2.75, 3.05) is 20.2 Å². The first-order chi connectivity index (χ1) is 21.4. The molecule has 8 nitrogen and oxygen atoms in total. The highest BCUT2D eigenvalue weighted by molar-refractivity contribution is 6.05. The highest BCUT2D eigenvalue weighted by Crippen LogP contribution is 2.39. The van der Waals surface area contributed by atoms with E-state index in [9.17, 15) is 15.2 Å². The molecule has 8 heteroatoms. The number of hydrogen-bond acceptors (Lipinski definition) is 8. The number of Topliss-reactive ketones (excluding diaryl/α,β-unsaturated/α-hetero) is 1. The van der Waals surface area contributed by atoms with Gasteiger partial charge in [0.1, 0.15) is 17.1 Å². The Bertz CT molecular complexity index is 2000. The van der Waals surface area contributed by atoms with Crippen LogP contribution in [0.3, 0.4) is 0 Å². The largest absolute Gasteiger partial charge is 0.481 e. The fourth-order valence-corrected chi connectivity index (χ4v) is 6.70. The minimum absolute atomic E-state index is 0.0460. The zero-order valence-corrected chi connectivity index (χ0v) is 25.0. The molecule has 1 saturated heterocycles. The van der Waals surface area contributed by atoms with Crippen LogP contribution in [0.4, 0.5) is 0 Å². The Hall–Kier alpha value is -4.84. The van der Waals surface area contributed by atoms with Crippen molar-refractivity contribution < 1.29 is 19.1 Å². The average Bonchev–Trinajstić information content (AvgIpc) is 3.75. The summed E-state index contributed by atoms with van der Waals surface area (Å²) in [5.41, 5.74) is 10.6. The van der Waals surface area contributed by atoms with Crippen LogP contribution < -0.4 is 4.74 Å². The number of benzene rings is 3. The monoisotopic (exact) mass is 584 g/mol. The van der Waals surface area contributed by atoms with Crippen LogP contribution in [0, 0.1) is 25.2 Å². The van der Waals surface area contributed by atoms with Gasteiger partial charge in [0.2, 0.25) is 11.8 Å². The van der Waals surface area contributed by atoms with E-state index >= 15 is 0 Å². The number of aliphatic hydroxyl groups excluding tert-OH is 1. The molecule has 1 N–H and O–H groups in total. The Kier molecular flexibility index (Phi) is 7.00. The lowest BCUT2D eigenvalue weighted by atomic mass is 9.90. The van der Waals surface area contributed by atoms with Crippen molar-refractivity contribution in [1.82, 2.24) is 14.9 Å². The van der Waals surface area contributed by atoms with Crippen molar-refractivity contribution in [3.05, 3.63) is 88.0 Å². The average molecular weight is 585 g/mol. The summed E-state index contributed by atoms with van der Waals surface area (Å²) in [4.78, 5) is 24.3. The van der Waals surface area contributed by atoms with Gasteiger partial charge in [0, 0.05) is 48.3 Å². The number of ether oxygens (including phenoxy) is 1. The summed E-state index contributed by atoms with van der Waals surface area (Å²) in [6, 6.07) is 20.4. The predicted octanol–water partition coefficient (Wildman–Crippen LogP) is 6.42. The number of nitrogens with zero attached hydrogens (tertiary/aromatic N) is 4. The van der Waals surface area contributed by atoms with E-state index < -0.39 is 0 Å². The van der Waals surface area contributed by atoms with Crippen LogP contribution >= 0.6 is 0 Å². The van der Waals surface area contributed by atoms with E-state index in [4.69, 9.17) is 19.1 Å². The lowest BCUT2D eigenvalue weighted by molar-refractivity contribution is 0.0994. The molecule has 0 amide bonds. The minimum atomic E-state index is -0.274. The minimum Gasteiger partial charge on any atom is -0.481 e. The number of nitriles is 1. The van der Waals surface area contributed by atoms with Crippen LogP contribution in [-0.2, 0) is 13.0 Å². The van der Waals surface area contributed by atoms with Crippen molar-refractivity contribution in [3.8, 4) is 45.8 Å². The molecule has 5 aromatic rings. The molecule has 2 aromatic heterocycles. The molecule has 220 valence electrons. The van der Waals surface area contributed by atoms with Gasteiger partial charge in [-0.15, -0.1) is 0 Å². The van der Waals surface area contributed by atoms with Gasteiger partial charge in [0.15, 0.2) is 11.4 Å². The zero-order chi connectivity index (χ0) is 30.5. The number of aromatic nitrogens is 2. The number of β-amino-alcohol motifs (C(OH)–C–C–N with tert-alkyl or cyclic N) is 1. The zero-order valence-electron chi connectivity index (χ0n) is 25.0. The van der Waals surface area contributed by atoms with E-state index in [-0.39, 0.29) is 11.9 Å². The van der Waals surface area contributed by atoms with Crippen molar-refractivity contribution in [3.63, 3.8) is 0 Å². The van der Waals surface area contributed by atoms with Gasteiger partial charge in [0.25, 0.3) is 0 Å². The van der Waals surface area contributed by atoms with Crippen LogP contribution in [0.25, 0.3) is 44.9 Å². The Balaban J connectivity index is 1.26. The van der Waals surface area contributed by atoms with Crippen LogP contribution in [0.15, 0.2) is 59.0 Å². The third-order valence-corrected chi connectivity index (χ3v) is 9.04. The quantitative estimate of drug-likeness (QED) is 0.243. The second-order valence-corrected chi connectivity index (χ2v) is 11.7. The van der Waals surface area contributed by atoms with Crippen LogP contribution in [-0.4, -0.2) is 52.1 Å². The number of hydrogen-bond donors (Lipinski definition) is 1. The Morgan fingerprint density at radius 1 is 1.00 bits per heavy atom. The van der Waals surface area contributed by atoms with Crippen molar-refractivity contribution in [2.45, 2.75) is 45.8 Å². The Morgan fingerprint density at radius 3 is 2.43 bits per heavy atom. The lowest BCUT2D eigenvalue weighted by Crippen LogP contribution is -2.22. The highest BCUT2D eigenvalue weighted by Gasteiger charge is 2.28. The van der Waals surface area contributed by atoms with Crippen molar-refractivity contribution >= 4 is 16.9 Å². The van der Waals surface area contributed by atoms with E-state index in [1.54, 1.807) is 13.2 Å². The summed E-state index contributed by atoms with van der Waals surface area (Å²) in [5.74, 6) is 1.06. The van der Waals surface area contributed by atoms with Crippen LogP contribution in [0.2, 0.25) is 0 Å². The number of rotatable bonds is 6.